The van der Waals surface area contributed by atoms with Gasteiger partial charge in [0.05, 0.1) is 30.2 Å². The van der Waals surface area contributed by atoms with Crippen LogP contribution in [0.4, 0.5) is 17.1 Å². The lowest BCUT2D eigenvalue weighted by atomic mass is 10.0. The first-order chi connectivity index (χ1) is 22.4. The Morgan fingerprint density at radius 1 is 0.957 bits per heavy atom. The van der Waals surface area contributed by atoms with Gasteiger partial charge in [-0.2, -0.15) is 0 Å². The maximum Gasteiger partial charge on any atom is 0.224 e. The standard InChI is InChI=1S/C35H41N5O5S/c1-40-19-18-37-35(40)46-23-28-21-31(25-16-14-24(22-41)15-17-25)45-34(44-28)26-8-7-9-27(20-26)38-32(42)12-3-2-4-13-33(43)39-30-11-6-5-10-29(30)36/h5-11,14-20,28,31,34,41H,2-4,12-13,21-23,36H2,1H3,(H,38,42)(H,39,43)/t28-,31+,34+/m1/s1. The number of thioether (sulfide) groups is 1. The van der Waals surface area contributed by atoms with Crippen molar-refractivity contribution in [3.05, 3.63) is 102 Å². The number of aliphatic hydroxyl groups is 1. The zero-order valence-corrected chi connectivity index (χ0v) is 26.7. The van der Waals surface area contributed by atoms with E-state index in [9.17, 15) is 14.7 Å². The van der Waals surface area contributed by atoms with Crippen molar-refractivity contribution in [1.29, 1.82) is 0 Å². The summed E-state index contributed by atoms with van der Waals surface area (Å²) < 4.78 is 14.9. The average molecular weight is 644 g/mol. The summed E-state index contributed by atoms with van der Waals surface area (Å²) >= 11 is 1.64. The molecule has 0 aliphatic carbocycles. The summed E-state index contributed by atoms with van der Waals surface area (Å²) in [6, 6.07) is 22.5. The van der Waals surface area contributed by atoms with Crippen molar-refractivity contribution < 1.29 is 24.2 Å². The SMILES string of the molecule is Cn1ccnc1SC[C@H]1C[C@@H](c2ccc(CO)cc2)O[C@@H](c2cccc(NC(=O)CCCCCC(=O)Nc3ccccc3N)c2)O1. The molecule has 2 amide bonds. The molecule has 0 unspecified atom stereocenters. The number of amides is 2. The van der Waals surface area contributed by atoms with Gasteiger partial charge in [-0.3, -0.25) is 9.59 Å². The fraction of sp³-hybridized carbons (Fsp3) is 0.343. The Hall–Kier alpha value is -4.16. The fourth-order valence-corrected chi connectivity index (χ4v) is 6.19. The van der Waals surface area contributed by atoms with Crippen LogP contribution in [0.25, 0.3) is 0 Å². The summed E-state index contributed by atoms with van der Waals surface area (Å²) in [5, 5.41) is 16.2. The highest BCUT2D eigenvalue weighted by molar-refractivity contribution is 7.99. The predicted octanol–water partition coefficient (Wildman–Crippen LogP) is 6.36. The number of nitrogen functional groups attached to an aromatic ring is 1. The maximum absolute atomic E-state index is 12.7. The number of hydrogen-bond donors (Lipinski definition) is 4. The number of carbonyl (C=O) groups is 2. The average Bonchev–Trinajstić information content (AvgIpc) is 3.49. The zero-order valence-electron chi connectivity index (χ0n) is 25.9. The highest BCUT2D eigenvalue weighted by Crippen LogP contribution is 2.39. The number of ether oxygens (including phenoxy) is 2. The Morgan fingerprint density at radius 3 is 2.43 bits per heavy atom. The Kier molecular flexibility index (Phi) is 11.9. The summed E-state index contributed by atoms with van der Waals surface area (Å²) in [5.41, 5.74) is 10.4. The van der Waals surface area contributed by atoms with Crippen molar-refractivity contribution in [2.45, 2.75) is 68.8 Å². The molecule has 1 aromatic heterocycles. The van der Waals surface area contributed by atoms with Crippen LogP contribution in [0, 0.1) is 0 Å². The number of aryl methyl sites for hydroxylation is 1. The number of imidazole rings is 1. The third-order valence-electron chi connectivity index (χ3n) is 7.78. The number of anilines is 3. The van der Waals surface area contributed by atoms with Crippen LogP contribution in [0.3, 0.4) is 0 Å². The molecule has 242 valence electrons. The number of hydrogen-bond acceptors (Lipinski definition) is 8. The van der Waals surface area contributed by atoms with Crippen LogP contribution < -0.4 is 16.4 Å². The molecular weight excluding hydrogens is 602 g/mol. The predicted molar refractivity (Wildman–Crippen MR) is 180 cm³/mol. The van der Waals surface area contributed by atoms with Gasteiger partial charge in [0.2, 0.25) is 11.8 Å². The molecule has 5 N–H and O–H groups in total. The molecule has 0 bridgehead atoms. The monoisotopic (exact) mass is 643 g/mol. The van der Waals surface area contributed by atoms with Gasteiger partial charge in [0.25, 0.3) is 0 Å². The van der Waals surface area contributed by atoms with Crippen molar-refractivity contribution in [1.82, 2.24) is 9.55 Å². The van der Waals surface area contributed by atoms with E-state index in [2.05, 4.69) is 15.6 Å². The van der Waals surface area contributed by atoms with Gasteiger partial charge in [-0.15, -0.1) is 0 Å². The van der Waals surface area contributed by atoms with Crippen LogP contribution in [0.1, 0.15) is 67.6 Å². The molecule has 1 fully saturated rings. The molecule has 5 rings (SSSR count). The smallest absolute Gasteiger partial charge is 0.224 e. The molecule has 3 atom stereocenters. The number of nitrogens with one attached hydrogen (secondary N) is 2. The zero-order chi connectivity index (χ0) is 32.3. The summed E-state index contributed by atoms with van der Waals surface area (Å²) in [7, 11) is 1.97. The van der Waals surface area contributed by atoms with Crippen LogP contribution >= 0.6 is 11.8 Å². The van der Waals surface area contributed by atoms with E-state index < -0.39 is 6.29 Å². The number of aliphatic hydroxyl groups excluding tert-OH is 1. The quantitative estimate of drug-likeness (QED) is 0.0707. The van der Waals surface area contributed by atoms with Gasteiger partial charge in [-0.05, 0) is 48.2 Å². The molecule has 11 heteroatoms. The van der Waals surface area contributed by atoms with E-state index in [0.717, 1.165) is 28.3 Å². The number of unbranched alkanes of at least 4 members (excludes halogenated alkanes) is 2. The lowest BCUT2D eigenvalue weighted by Gasteiger charge is -2.36. The number of nitrogens with two attached hydrogens (primary N) is 1. The topological polar surface area (TPSA) is 141 Å². The third-order valence-corrected chi connectivity index (χ3v) is 8.97. The molecule has 1 saturated heterocycles. The number of nitrogens with zero attached hydrogens (tertiary/aromatic N) is 2. The van der Waals surface area contributed by atoms with Crippen molar-refractivity contribution >= 4 is 40.6 Å². The molecular formula is C35H41N5O5S. The number of aromatic nitrogens is 2. The van der Waals surface area contributed by atoms with Crippen molar-refractivity contribution in [3.63, 3.8) is 0 Å². The number of carbonyl (C=O) groups excluding carboxylic acids is 2. The Labute approximate surface area is 273 Å². The van der Waals surface area contributed by atoms with Gasteiger partial charge in [-0.1, -0.05) is 66.7 Å². The largest absolute Gasteiger partial charge is 0.397 e. The molecule has 10 nitrogen and oxygen atoms in total. The third kappa shape index (κ3) is 9.43. The van der Waals surface area contributed by atoms with Gasteiger partial charge in [-0.25, -0.2) is 4.98 Å². The van der Waals surface area contributed by atoms with Crippen LogP contribution in [0.15, 0.2) is 90.3 Å². The van der Waals surface area contributed by atoms with Crippen molar-refractivity contribution in [2.24, 2.45) is 7.05 Å². The van der Waals surface area contributed by atoms with E-state index in [4.69, 9.17) is 15.2 Å². The van der Waals surface area contributed by atoms with Crippen molar-refractivity contribution in [2.75, 3.05) is 22.1 Å². The summed E-state index contributed by atoms with van der Waals surface area (Å²) in [4.78, 5) is 29.4. The van der Waals surface area contributed by atoms with Crippen LogP contribution in [0.2, 0.25) is 0 Å². The van der Waals surface area contributed by atoms with Crippen molar-refractivity contribution in [3.8, 4) is 0 Å². The minimum Gasteiger partial charge on any atom is -0.397 e. The second-order valence-electron chi connectivity index (χ2n) is 11.4. The van der Waals surface area contributed by atoms with E-state index in [1.54, 1.807) is 30.1 Å². The Bertz CT molecular complexity index is 1590. The normalized spacial score (nSPS) is 17.8. The lowest BCUT2D eigenvalue weighted by molar-refractivity contribution is -0.245. The highest BCUT2D eigenvalue weighted by Gasteiger charge is 2.32. The van der Waals surface area contributed by atoms with Gasteiger partial charge in [0.1, 0.15) is 0 Å². The Morgan fingerprint density at radius 2 is 1.72 bits per heavy atom. The molecule has 1 aliphatic heterocycles. The highest BCUT2D eigenvalue weighted by atomic mass is 32.2. The van der Waals surface area contributed by atoms with E-state index in [0.29, 0.717) is 54.9 Å². The molecule has 0 radical (unpaired) electrons. The first kappa shape index (κ1) is 33.2. The minimum absolute atomic E-state index is 0.0131. The van der Waals surface area contributed by atoms with E-state index in [1.807, 2.05) is 78.5 Å². The lowest BCUT2D eigenvalue weighted by Crippen LogP contribution is -2.31. The maximum atomic E-state index is 12.7. The van der Waals surface area contributed by atoms with Crippen LogP contribution in [-0.4, -0.2) is 38.3 Å². The van der Waals surface area contributed by atoms with E-state index >= 15 is 0 Å². The number of benzene rings is 3. The first-order valence-electron chi connectivity index (χ1n) is 15.5. The van der Waals surface area contributed by atoms with Crippen LogP contribution in [0.5, 0.6) is 0 Å². The molecule has 1 aliphatic rings. The van der Waals surface area contributed by atoms with Gasteiger partial charge in [0, 0.05) is 55.7 Å². The molecule has 2 heterocycles. The van der Waals surface area contributed by atoms with E-state index in [-0.39, 0.29) is 30.6 Å². The van der Waals surface area contributed by atoms with E-state index in [1.165, 1.54) is 0 Å². The van der Waals surface area contributed by atoms with Crippen LogP contribution in [-0.2, 0) is 32.7 Å². The minimum atomic E-state index is -0.627. The van der Waals surface area contributed by atoms with Gasteiger partial charge < -0.3 is 35.5 Å². The van der Waals surface area contributed by atoms with Gasteiger partial charge in [0.15, 0.2) is 11.4 Å². The molecule has 3 aromatic carbocycles. The second-order valence-corrected chi connectivity index (χ2v) is 12.3. The number of rotatable bonds is 14. The molecule has 0 spiro atoms. The molecule has 0 saturated carbocycles. The number of para-hydroxylation sites is 2. The summed E-state index contributed by atoms with van der Waals surface area (Å²) in [6.45, 7) is -0.0131. The molecule has 46 heavy (non-hydrogen) atoms. The summed E-state index contributed by atoms with van der Waals surface area (Å²) in [6.07, 6.45) is 6.27. The second kappa shape index (κ2) is 16.4. The van der Waals surface area contributed by atoms with Gasteiger partial charge >= 0.3 is 0 Å². The fourth-order valence-electron chi connectivity index (χ4n) is 5.24. The first-order valence-corrected chi connectivity index (χ1v) is 16.5. The molecule has 4 aromatic rings. The summed E-state index contributed by atoms with van der Waals surface area (Å²) in [5.74, 6) is 0.525. The Balaban J connectivity index is 1.14.